The number of methoxy groups -OCH3 is 1. The fourth-order valence-corrected chi connectivity index (χ4v) is 2.09. The van der Waals surface area contributed by atoms with Crippen LogP contribution in [0.4, 0.5) is 13.2 Å². The van der Waals surface area contributed by atoms with Crippen molar-refractivity contribution in [3.63, 3.8) is 0 Å². The van der Waals surface area contributed by atoms with E-state index >= 15 is 0 Å². The summed E-state index contributed by atoms with van der Waals surface area (Å²) in [6.07, 6.45) is -4.49. The molecular formula is C16H12ClF3N2O3. The van der Waals surface area contributed by atoms with Crippen molar-refractivity contribution >= 4 is 23.4 Å². The zero-order valence-corrected chi connectivity index (χ0v) is 13.5. The van der Waals surface area contributed by atoms with Crippen LogP contribution in [-0.4, -0.2) is 18.9 Å². The molecule has 0 saturated carbocycles. The van der Waals surface area contributed by atoms with E-state index in [4.69, 9.17) is 16.3 Å². The van der Waals surface area contributed by atoms with Gasteiger partial charge in [0, 0.05) is 10.6 Å². The van der Waals surface area contributed by atoms with Gasteiger partial charge >= 0.3 is 6.18 Å². The average Bonchev–Trinajstić information content (AvgIpc) is 2.58. The number of alkyl halides is 3. The number of rotatable bonds is 3. The maximum Gasteiger partial charge on any atom is 0.416 e. The van der Waals surface area contributed by atoms with Crippen molar-refractivity contribution in [2.75, 3.05) is 7.11 Å². The molecule has 0 bridgehead atoms. The molecule has 0 unspecified atom stereocenters. The van der Waals surface area contributed by atoms with Crippen LogP contribution in [0.25, 0.3) is 0 Å². The summed E-state index contributed by atoms with van der Waals surface area (Å²) >= 11 is 5.81. The maximum atomic E-state index is 12.5. The van der Waals surface area contributed by atoms with Gasteiger partial charge in [-0.15, -0.1) is 0 Å². The Bertz CT molecular complexity index is 792. The summed E-state index contributed by atoms with van der Waals surface area (Å²) in [6, 6.07) is 7.91. The molecule has 5 nitrogen and oxygen atoms in total. The molecule has 0 fully saturated rings. The van der Waals surface area contributed by atoms with E-state index in [1.54, 1.807) is 0 Å². The lowest BCUT2D eigenvalue weighted by molar-refractivity contribution is -0.137. The first kappa shape index (κ1) is 18.6. The average molecular weight is 373 g/mol. The van der Waals surface area contributed by atoms with Crippen LogP contribution in [0.15, 0.2) is 42.5 Å². The molecule has 0 radical (unpaired) electrons. The quantitative estimate of drug-likeness (QED) is 0.811. The van der Waals surface area contributed by atoms with Crippen molar-refractivity contribution in [2.45, 2.75) is 6.18 Å². The number of ether oxygens (including phenoxy) is 1. The number of hydrazine groups is 1. The van der Waals surface area contributed by atoms with Gasteiger partial charge in [-0.1, -0.05) is 11.6 Å². The third kappa shape index (κ3) is 4.63. The van der Waals surface area contributed by atoms with Gasteiger partial charge in [-0.3, -0.25) is 20.4 Å². The summed E-state index contributed by atoms with van der Waals surface area (Å²) < 4.78 is 42.5. The van der Waals surface area contributed by atoms with Gasteiger partial charge in [-0.2, -0.15) is 13.2 Å². The second-order valence-corrected chi connectivity index (χ2v) is 5.26. The lowest BCUT2D eigenvalue weighted by Gasteiger charge is -2.11. The molecular weight excluding hydrogens is 361 g/mol. The summed E-state index contributed by atoms with van der Waals surface area (Å²) in [5, 5.41) is 0.292. The maximum absolute atomic E-state index is 12.5. The third-order valence-electron chi connectivity index (χ3n) is 3.17. The number of hydrogen-bond donors (Lipinski definition) is 2. The molecule has 9 heteroatoms. The highest BCUT2D eigenvalue weighted by Crippen LogP contribution is 2.29. The van der Waals surface area contributed by atoms with E-state index in [0.29, 0.717) is 5.02 Å². The molecule has 0 aliphatic rings. The lowest BCUT2D eigenvalue weighted by atomic mass is 10.1. The van der Waals surface area contributed by atoms with Crippen molar-refractivity contribution in [3.05, 3.63) is 64.2 Å². The first-order chi connectivity index (χ1) is 11.7. The molecule has 2 N–H and O–H groups in total. The van der Waals surface area contributed by atoms with Gasteiger partial charge in [0.25, 0.3) is 11.8 Å². The van der Waals surface area contributed by atoms with Gasteiger partial charge in [0.2, 0.25) is 0 Å². The van der Waals surface area contributed by atoms with Crippen LogP contribution < -0.4 is 15.6 Å². The number of carbonyl (C=O) groups excluding carboxylic acids is 2. The fourth-order valence-electron chi connectivity index (χ4n) is 1.92. The number of hydrogen-bond acceptors (Lipinski definition) is 3. The molecule has 0 saturated heterocycles. The predicted octanol–water partition coefficient (Wildman–Crippen LogP) is 3.44. The Balaban J connectivity index is 2.05. The number of halogens is 4. The Morgan fingerprint density at radius 1 is 1.00 bits per heavy atom. The molecule has 2 aromatic carbocycles. The van der Waals surface area contributed by atoms with Crippen LogP contribution in [0.3, 0.4) is 0 Å². The Labute approximate surface area is 145 Å². The van der Waals surface area contributed by atoms with Crippen LogP contribution in [0.5, 0.6) is 5.75 Å². The zero-order valence-electron chi connectivity index (χ0n) is 12.8. The van der Waals surface area contributed by atoms with Crippen molar-refractivity contribution < 1.29 is 27.5 Å². The second-order valence-electron chi connectivity index (χ2n) is 4.83. The summed E-state index contributed by atoms with van der Waals surface area (Å²) in [7, 11) is 1.36. The Hall–Kier alpha value is -2.74. The molecule has 0 aromatic heterocycles. The lowest BCUT2D eigenvalue weighted by Crippen LogP contribution is -2.41. The summed E-state index contributed by atoms with van der Waals surface area (Å²) in [4.78, 5) is 24.0. The molecule has 2 aromatic rings. The number of nitrogens with one attached hydrogen (secondary N) is 2. The molecule has 132 valence electrons. The molecule has 0 spiro atoms. The largest absolute Gasteiger partial charge is 0.496 e. The minimum atomic E-state index is -4.49. The standard InChI is InChI=1S/C16H12ClF3N2O3/c1-25-13-7-6-11(17)8-12(13)15(24)22-21-14(23)9-2-4-10(5-3-9)16(18,19)20/h2-8H,1H3,(H,21,23)(H,22,24). The van der Waals surface area contributed by atoms with Gasteiger partial charge in [0.1, 0.15) is 5.75 Å². The van der Waals surface area contributed by atoms with Crippen LogP contribution in [0, 0.1) is 0 Å². The number of amides is 2. The molecule has 0 aliphatic heterocycles. The summed E-state index contributed by atoms with van der Waals surface area (Å²) in [6.45, 7) is 0. The van der Waals surface area contributed by atoms with E-state index in [0.717, 1.165) is 24.3 Å². The van der Waals surface area contributed by atoms with Crippen molar-refractivity contribution in [3.8, 4) is 5.75 Å². The molecule has 25 heavy (non-hydrogen) atoms. The minimum absolute atomic E-state index is 0.0497. The molecule has 2 amide bonds. The van der Waals surface area contributed by atoms with Gasteiger partial charge in [0.05, 0.1) is 18.2 Å². The van der Waals surface area contributed by atoms with E-state index < -0.39 is 23.6 Å². The van der Waals surface area contributed by atoms with Gasteiger partial charge in [-0.25, -0.2) is 0 Å². The van der Waals surface area contributed by atoms with Crippen LogP contribution in [0.1, 0.15) is 26.3 Å². The Morgan fingerprint density at radius 3 is 2.16 bits per heavy atom. The number of benzene rings is 2. The highest BCUT2D eigenvalue weighted by Gasteiger charge is 2.30. The van der Waals surface area contributed by atoms with Crippen LogP contribution in [-0.2, 0) is 6.18 Å². The molecule has 0 aliphatic carbocycles. The topological polar surface area (TPSA) is 67.4 Å². The molecule has 0 heterocycles. The van der Waals surface area contributed by atoms with E-state index in [1.807, 2.05) is 0 Å². The minimum Gasteiger partial charge on any atom is -0.496 e. The fraction of sp³-hybridized carbons (Fsp3) is 0.125. The monoisotopic (exact) mass is 372 g/mol. The Kier molecular flexibility index (Phi) is 5.53. The van der Waals surface area contributed by atoms with Gasteiger partial charge in [-0.05, 0) is 42.5 Å². The van der Waals surface area contributed by atoms with Crippen molar-refractivity contribution in [1.82, 2.24) is 10.9 Å². The summed E-state index contributed by atoms with van der Waals surface area (Å²) in [5.41, 5.74) is 3.41. The smallest absolute Gasteiger partial charge is 0.416 e. The highest BCUT2D eigenvalue weighted by molar-refractivity contribution is 6.31. The first-order valence-corrected chi connectivity index (χ1v) is 7.21. The normalized spacial score (nSPS) is 10.9. The SMILES string of the molecule is COc1ccc(Cl)cc1C(=O)NNC(=O)c1ccc(C(F)(F)F)cc1. The van der Waals surface area contributed by atoms with Crippen molar-refractivity contribution in [1.29, 1.82) is 0 Å². The van der Waals surface area contributed by atoms with Gasteiger partial charge < -0.3 is 4.74 Å². The molecule has 2 rings (SSSR count). The summed E-state index contributed by atoms with van der Waals surface area (Å²) in [5.74, 6) is -1.23. The van der Waals surface area contributed by atoms with E-state index in [-0.39, 0.29) is 16.9 Å². The van der Waals surface area contributed by atoms with Crippen molar-refractivity contribution in [2.24, 2.45) is 0 Å². The number of carbonyl (C=O) groups is 2. The van der Waals surface area contributed by atoms with E-state index in [2.05, 4.69) is 10.9 Å². The second kappa shape index (κ2) is 7.43. The van der Waals surface area contributed by atoms with Crippen LogP contribution in [0.2, 0.25) is 5.02 Å². The predicted molar refractivity (Wildman–Crippen MR) is 84.4 cm³/mol. The Morgan fingerprint density at radius 2 is 1.60 bits per heavy atom. The molecule has 0 atom stereocenters. The first-order valence-electron chi connectivity index (χ1n) is 6.84. The van der Waals surface area contributed by atoms with E-state index in [9.17, 15) is 22.8 Å². The van der Waals surface area contributed by atoms with Gasteiger partial charge in [0.15, 0.2) is 0 Å². The van der Waals surface area contributed by atoms with Crippen LogP contribution >= 0.6 is 11.6 Å². The van der Waals surface area contributed by atoms with E-state index in [1.165, 1.54) is 25.3 Å². The highest BCUT2D eigenvalue weighted by atomic mass is 35.5. The third-order valence-corrected chi connectivity index (χ3v) is 3.41. The zero-order chi connectivity index (χ0) is 18.6.